The molecule has 0 radical (unpaired) electrons. The molecule has 138 valence electrons. The van der Waals surface area contributed by atoms with Crippen molar-refractivity contribution in [3.8, 4) is 11.5 Å². The standard InChI is InChI=1S/C18H24O7/c1-23-14-9-7-8-13(15(14)20)12-18(16(21)24-2,17(22)25-3)10-5-4-6-11-19/h4-5,7-9,19-20H,6,10-12H2,1-3H3/b5-4-. The van der Waals surface area contributed by atoms with Gasteiger partial charge in [-0.2, -0.15) is 0 Å². The molecule has 7 heteroatoms. The Morgan fingerprint density at radius 3 is 2.28 bits per heavy atom. The molecule has 0 aliphatic carbocycles. The number of esters is 2. The van der Waals surface area contributed by atoms with Crippen LogP contribution in [0.25, 0.3) is 0 Å². The van der Waals surface area contributed by atoms with Crippen molar-refractivity contribution in [3.05, 3.63) is 35.9 Å². The van der Waals surface area contributed by atoms with Crippen LogP contribution in [0.5, 0.6) is 11.5 Å². The van der Waals surface area contributed by atoms with Gasteiger partial charge in [-0.05, 0) is 24.5 Å². The zero-order valence-electron chi connectivity index (χ0n) is 14.7. The Morgan fingerprint density at radius 1 is 1.12 bits per heavy atom. The van der Waals surface area contributed by atoms with Gasteiger partial charge in [0.15, 0.2) is 16.9 Å². The molecule has 0 heterocycles. The summed E-state index contributed by atoms with van der Waals surface area (Å²) < 4.78 is 14.7. The molecule has 7 nitrogen and oxygen atoms in total. The van der Waals surface area contributed by atoms with Gasteiger partial charge in [0.05, 0.1) is 21.3 Å². The lowest BCUT2D eigenvalue weighted by atomic mass is 9.78. The molecule has 0 saturated heterocycles. The first-order valence-corrected chi connectivity index (χ1v) is 7.74. The van der Waals surface area contributed by atoms with Crippen molar-refractivity contribution < 1.29 is 34.0 Å². The predicted octanol–water partition coefficient (Wildman–Crippen LogP) is 1.60. The lowest BCUT2D eigenvalue weighted by Crippen LogP contribution is -2.43. The second kappa shape index (κ2) is 9.68. The molecule has 0 fully saturated rings. The first-order chi connectivity index (χ1) is 12.0. The summed E-state index contributed by atoms with van der Waals surface area (Å²) in [6.45, 7) is -0.0450. The highest BCUT2D eigenvalue weighted by atomic mass is 16.5. The highest BCUT2D eigenvalue weighted by molar-refractivity contribution is 6.00. The van der Waals surface area contributed by atoms with E-state index in [4.69, 9.17) is 19.3 Å². The van der Waals surface area contributed by atoms with Crippen molar-refractivity contribution in [2.75, 3.05) is 27.9 Å². The Hall–Kier alpha value is -2.54. The normalized spacial score (nSPS) is 11.4. The second-order valence-corrected chi connectivity index (χ2v) is 5.40. The number of carbonyl (C=O) groups is 2. The van der Waals surface area contributed by atoms with E-state index in [1.54, 1.807) is 30.4 Å². The molecule has 1 rings (SSSR count). The lowest BCUT2D eigenvalue weighted by Gasteiger charge is -2.27. The number of ether oxygens (including phenoxy) is 3. The molecule has 0 bridgehead atoms. The molecule has 0 amide bonds. The molecule has 2 N–H and O–H groups in total. The van der Waals surface area contributed by atoms with Crippen LogP contribution in [0.2, 0.25) is 0 Å². The highest BCUT2D eigenvalue weighted by Crippen LogP contribution is 2.37. The van der Waals surface area contributed by atoms with Crippen molar-refractivity contribution in [2.45, 2.75) is 19.3 Å². The fourth-order valence-corrected chi connectivity index (χ4v) is 2.53. The van der Waals surface area contributed by atoms with Gasteiger partial charge in [0.25, 0.3) is 0 Å². The van der Waals surface area contributed by atoms with Gasteiger partial charge in [0.1, 0.15) is 0 Å². The average molecular weight is 352 g/mol. The number of hydrogen-bond donors (Lipinski definition) is 2. The molecule has 0 unspecified atom stereocenters. The zero-order chi connectivity index (χ0) is 18.9. The number of aliphatic hydroxyl groups excluding tert-OH is 1. The van der Waals surface area contributed by atoms with Gasteiger partial charge in [0.2, 0.25) is 0 Å². The molecule has 0 atom stereocenters. The van der Waals surface area contributed by atoms with Crippen molar-refractivity contribution in [3.63, 3.8) is 0 Å². The van der Waals surface area contributed by atoms with Crippen molar-refractivity contribution in [1.82, 2.24) is 0 Å². The van der Waals surface area contributed by atoms with Crippen LogP contribution in [0, 0.1) is 5.41 Å². The summed E-state index contributed by atoms with van der Waals surface area (Å²) in [7, 11) is 3.77. The Bertz CT molecular complexity index is 606. The average Bonchev–Trinajstić information content (AvgIpc) is 2.64. The molecule has 0 aromatic heterocycles. The van der Waals surface area contributed by atoms with E-state index in [1.165, 1.54) is 21.3 Å². The van der Waals surface area contributed by atoms with Gasteiger partial charge in [-0.15, -0.1) is 0 Å². The summed E-state index contributed by atoms with van der Waals surface area (Å²) >= 11 is 0. The number of para-hydroxylation sites is 1. The molecule has 0 saturated carbocycles. The van der Waals surface area contributed by atoms with Crippen LogP contribution >= 0.6 is 0 Å². The maximum absolute atomic E-state index is 12.4. The van der Waals surface area contributed by atoms with E-state index >= 15 is 0 Å². The van der Waals surface area contributed by atoms with E-state index in [0.29, 0.717) is 12.0 Å². The number of aliphatic hydroxyl groups is 1. The van der Waals surface area contributed by atoms with Crippen LogP contribution in [0.4, 0.5) is 0 Å². The fraction of sp³-hybridized carbons (Fsp3) is 0.444. The van der Waals surface area contributed by atoms with Crippen LogP contribution in [0.3, 0.4) is 0 Å². The van der Waals surface area contributed by atoms with E-state index in [2.05, 4.69) is 0 Å². The number of carbonyl (C=O) groups excluding carboxylic acids is 2. The van der Waals surface area contributed by atoms with E-state index in [-0.39, 0.29) is 30.9 Å². The van der Waals surface area contributed by atoms with Crippen LogP contribution in [-0.2, 0) is 25.5 Å². The van der Waals surface area contributed by atoms with Crippen molar-refractivity contribution in [1.29, 1.82) is 0 Å². The number of hydrogen-bond acceptors (Lipinski definition) is 7. The summed E-state index contributed by atoms with van der Waals surface area (Å²) in [5.41, 5.74) is -1.30. The van der Waals surface area contributed by atoms with E-state index in [1.807, 2.05) is 0 Å². The predicted molar refractivity (Wildman–Crippen MR) is 90.3 cm³/mol. The Labute approximate surface area is 146 Å². The van der Waals surface area contributed by atoms with Crippen LogP contribution in [0.15, 0.2) is 30.4 Å². The fourth-order valence-electron chi connectivity index (χ4n) is 2.53. The maximum atomic E-state index is 12.4. The van der Waals surface area contributed by atoms with Gasteiger partial charge in [-0.3, -0.25) is 9.59 Å². The number of aromatic hydroxyl groups is 1. The molecule has 1 aromatic rings. The summed E-state index contributed by atoms with van der Waals surface area (Å²) in [4.78, 5) is 24.9. The number of allylic oxidation sites excluding steroid dienone is 1. The van der Waals surface area contributed by atoms with Gasteiger partial charge in [-0.25, -0.2) is 0 Å². The van der Waals surface area contributed by atoms with Gasteiger partial charge >= 0.3 is 11.9 Å². The second-order valence-electron chi connectivity index (χ2n) is 5.40. The monoisotopic (exact) mass is 352 g/mol. The molecular weight excluding hydrogens is 328 g/mol. The third-order valence-electron chi connectivity index (χ3n) is 3.88. The summed E-state index contributed by atoms with van der Waals surface area (Å²) in [6.07, 6.45) is 3.54. The molecule has 1 aromatic carbocycles. The number of methoxy groups -OCH3 is 3. The number of phenolic OH excluding ortho intramolecular Hbond substituents is 1. The number of phenols is 1. The van der Waals surface area contributed by atoms with Crippen LogP contribution < -0.4 is 4.74 Å². The molecular formula is C18H24O7. The van der Waals surface area contributed by atoms with Crippen LogP contribution in [0.1, 0.15) is 18.4 Å². The van der Waals surface area contributed by atoms with Gasteiger partial charge in [-0.1, -0.05) is 24.3 Å². The maximum Gasteiger partial charge on any atom is 0.323 e. The third kappa shape index (κ3) is 4.73. The highest BCUT2D eigenvalue weighted by Gasteiger charge is 2.48. The van der Waals surface area contributed by atoms with Crippen molar-refractivity contribution >= 4 is 11.9 Å². The Morgan fingerprint density at radius 2 is 1.76 bits per heavy atom. The molecule has 25 heavy (non-hydrogen) atoms. The topological polar surface area (TPSA) is 102 Å². The summed E-state index contributed by atoms with van der Waals surface area (Å²) in [5, 5.41) is 19.1. The largest absolute Gasteiger partial charge is 0.504 e. The minimum atomic E-state index is -1.65. The summed E-state index contributed by atoms with van der Waals surface area (Å²) in [6, 6.07) is 4.81. The lowest BCUT2D eigenvalue weighted by molar-refractivity contribution is -0.169. The first-order valence-electron chi connectivity index (χ1n) is 7.74. The molecule has 0 aliphatic rings. The molecule has 0 spiro atoms. The smallest absolute Gasteiger partial charge is 0.323 e. The zero-order valence-corrected chi connectivity index (χ0v) is 14.7. The minimum absolute atomic E-state index is 0.00297. The van der Waals surface area contributed by atoms with Crippen LogP contribution in [-0.4, -0.2) is 50.1 Å². The first kappa shape index (κ1) is 20.5. The van der Waals surface area contributed by atoms with Crippen molar-refractivity contribution in [2.24, 2.45) is 5.41 Å². The Balaban J connectivity index is 3.33. The Kier molecular flexibility index (Phi) is 7.94. The van der Waals surface area contributed by atoms with Gasteiger partial charge < -0.3 is 24.4 Å². The van der Waals surface area contributed by atoms with E-state index in [0.717, 1.165) is 0 Å². The van der Waals surface area contributed by atoms with E-state index in [9.17, 15) is 14.7 Å². The third-order valence-corrected chi connectivity index (χ3v) is 3.88. The van der Waals surface area contributed by atoms with Gasteiger partial charge in [0, 0.05) is 13.0 Å². The minimum Gasteiger partial charge on any atom is -0.504 e. The molecule has 0 aliphatic heterocycles. The quantitative estimate of drug-likeness (QED) is 0.395. The van der Waals surface area contributed by atoms with E-state index < -0.39 is 17.4 Å². The SMILES string of the molecule is COC(=O)C(C/C=C\CCO)(Cc1cccc(OC)c1O)C(=O)OC. The number of benzene rings is 1. The number of rotatable bonds is 9. The summed E-state index contributed by atoms with van der Waals surface area (Å²) in [5.74, 6) is -1.45.